The van der Waals surface area contributed by atoms with Crippen LogP contribution in [0.3, 0.4) is 0 Å². The average molecular weight is 244 g/mol. The van der Waals surface area contributed by atoms with Crippen LogP contribution in [0.5, 0.6) is 0 Å². The Kier molecular flexibility index (Phi) is 2.15. The third-order valence-corrected chi connectivity index (χ3v) is 3.52. The summed E-state index contributed by atoms with van der Waals surface area (Å²) >= 11 is 0. The van der Waals surface area contributed by atoms with Gasteiger partial charge < -0.3 is 4.98 Å². The van der Waals surface area contributed by atoms with Crippen LogP contribution in [0.1, 0.15) is 0 Å². The van der Waals surface area contributed by atoms with Gasteiger partial charge in [-0.2, -0.15) is 0 Å². The number of nitrogens with one attached hydrogen (secondary N) is 1. The Morgan fingerprint density at radius 2 is 1.63 bits per heavy atom. The van der Waals surface area contributed by atoms with Gasteiger partial charge in [0.1, 0.15) is 5.82 Å². The molecule has 0 bridgehead atoms. The number of aromatic amines is 1. The van der Waals surface area contributed by atoms with Crippen LogP contribution in [-0.2, 0) is 0 Å². The molecule has 0 unspecified atom stereocenters. The van der Waals surface area contributed by atoms with Crippen molar-refractivity contribution in [1.82, 2.24) is 9.97 Å². The lowest BCUT2D eigenvalue weighted by Crippen LogP contribution is -1.82. The Labute approximate surface area is 110 Å². The second kappa shape index (κ2) is 3.95. The van der Waals surface area contributed by atoms with Gasteiger partial charge in [0.05, 0.1) is 0 Å². The third-order valence-electron chi connectivity index (χ3n) is 3.52. The molecule has 3 aromatic carbocycles. The summed E-state index contributed by atoms with van der Waals surface area (Å²) in [5.41, 5.74) is 1.12. The predicted molar refractivity (Wildman–Crippen MR) is 79.0 cm³/mol. The second-order valence-corrected chi connectivity index (χ2v) is 4.66. The number of imidazole rings is 1. The molecule has 0 saturated carbocycles. The van der Waals surface area contributed by atoms with E-state index in [0.29, 0.717) is 0 Å². The lowest BCUT2D eigenvalue weighted by Gasteiger charge is -2.05. The molecule has 1 aromatic heterocycles. The molecule has 0 aliphatic carbocycles. The van der Waals surface area contributed by atoms with Gasteiger partial charge in [0, 0.05) is 18.0 Å². The van der Waals surface area contributed by atoms with E-state index in [0.717, 1.165) is 11.4 Å². The summed E-state index contributed by atoms with van der Waals surface area (Å²) in [5, 5.41) is 5.10. The molecule has 0 fully saturated rings. The zero-order valence-corrected chi connectivity index (χ0v) is 10.3. The molecule has 0 aliphatic rings. The zero-order chi connectivity index (χ0) is 12.7. The minimum Gasteiger partial charge on any atom is -0.345 e. The smallest absolute Gasteiger partial charge is 0.137 e. The van der Waals surface area contributed by atoms with Gasteiger partial charge in [0.2, 0.25) is 0 Å². The molecule has 2 heteroatoms. The number of hydrogen-bond donors (Lipinski definition) is 1. The van der Waals surface area contributed by atoms with Crippen LogP contribution in [0, 0.1) is 0 Å². The summed E-state index contributed by atoms with van der Waals surface area (Å²) in [5.74, 6) is 0.912. The molecule has 0 atom stereocenters. The highest BCUT2D eigenvalue weighted by Crippen LogP contribution is 2.28. The standard InChI is InChI=1S/C17H12N2/c1-2-4-15-12(3-1)5-6-13-11-14(7-8-16(13)15)17-18-9-10-19-17/h1-11H,(H,18,19). The fourth-order valence-corrected chi connectivity index (χ4v) is 2.58. The first-order valence-electron chi connectivity index (χ1n) is 6.33. The van der Waals surface area contributed by atoms with Gasteiger partial charge in [-0.25, -0.2) is 4.98 Å². The first-order valence-corrected chi connectivity index (χ1v) is 6.33. The summed E-state index contributed by atoms with van der Waals surface area (Å²) in [6, 6.07) is 19.3. The Balaban J connectivity index is 2.03. The topological polar surface area (TPSA) is 28.7 Å². The minimum absolute atomic E-state index is 0.912. The molecule has 0 saturated heterocycles. The van der Waals surface area contributed by atoms with E-state index in [4.69, 9.17) is 0 Å². The molecule has 1 heterocycles. The van der Waals surface area contributed by atoms with Crippen molar-refractivity contribution < 1.29 is 0 Å². The Morgan fingerprint density at radius 1 is 0.789 bits per heavy atom. The van der Waals surface area contributed by atoms with Crippen LogP contribution in [0.25, 0.3) is 32.9 Å². The normalized spacial score (nSPS) is 11.2. The van der Waals surface area contributed by atoms with Crippen molar-refractivity contribution >= 4 is 21.5 Å². The van der Waals surface area contributed by atoms with Crippen molar-refractivity contribution in [3.05, 3.63) is 67.0 Å². The highest BCUT2D eigenvalue weighted by Gasteiger charge is 2.03. The summed E-state index contributed by atoms with van der Waals surface area (Å²) in [6.45, 7) is 0. The number of fused-ring (bicyclic) bond motifs is 3. The fourth-order valence-electron chi connectivity index (χ4n) is 2.58. The van der Waals surface area contributed by atoms with E-state index in [2.05, 4.69) is 64.6 Å². The van der Waals surface area contributed by atoms with E-state index in [1.54, 1.807) is 6.20 Å². The summed E-state index contributed by atoms with van der Waals surface area (Å²) in [4.78, 5) is 7.44. The van der Waals surface area contributed by atoms with Crippen molar-refractivity contribution in [2.24, 2.45) is 0 Å². The maximum atomic E-state index is 4.30. The molecule has 0 spiro atoms. The maximum absolute atomic E-state index is 4.30. The SMILES string of the molecule is c1ccc2c(c1)ccc1cc(-c3ncc[nH]3)ccc12. The molecule has 0 aliphatic heterocycles. The number of benzene rings is 3. The van der Waals surface area contributed by atoms with Gasteiger partial charge in [0.15, 0.2) is 0 Å². The number of H-pyrrole nitrogens is 1. The lowest BCUT2D eigenvalue weighted by atomic mass is 10.00. The van der Waals surface area contributed by atoms with Crippen LogP contribution in [0.15, 0.2) is 67.0 Å². The van der Waals surface area contributed by atoms with Gasteiger partial charge in [-0.3, -0.25) is 0 Å². The fraction of sp³-hybridized carbons (Fsp3) is 0. The van der Waals surface area contributed by atoms with Gasteiger partial charge in [-0.1, -0.05) is 48.5 Å². The minimum atomic E-state index is 0.912. The Bertz CT molecular complexity index is 861. The molecule has 19 heavy (non-hydrogen) atoms. The molecule has 4 rings (SSSR count). The van der Waals surface area contributed by atoms with Crippen LogP contribution in [0.4, 0.5) is 0 Å². The molecule has 90 valence electrons. The van der Waals surface area contributed by atoms with Gasteiger partial charge in [-0.15, -0.1) is 0 Å². The first kappa shape index (κ1) is 10.3. The van der Waals surface area contributed by atoms with E-state index in [1.165, 1.54) is 21.5 Å². The van der Waals surface area contributed by atoms with Gasteiger partial charge in [0.25, 0.3) is 0 Å². The number of nitrogens with zero attached hydrogens (tertiary/aromatic N) is 1. The molecular formula is C17H12N2. The van der Waals surface area contributed by atoms with Crippen LogP contribution in [-0.4, -0.2) is 9.97 Å². The average Bonchev–Trinajstić information content (AvgIpc) is 3.01. The number of rotatable bonds is 1. The summed E-state index contributed by atoms with van der Waals surface area (Å²) in [6.07, 6.45) is 3.62. The lowest BCUT2D eigenvalue weighted by molar-refractivity contribution is 1.31. The molecule has 0 radical (unpaired) electrons. The molecule has 4 aromatic rings. The monoisotopic (exact) mass is 244 g/mol. The van der Waals surface area contributed by atoms with Gasteiger partial charge in [-0.05, 0) is 27.6 Å². The van der Waals surface area contributed by atoms with Crippen LogP contribution >= 0.6 is 0 Å². The number of aromatic nitrogens is 2. The first-order chi connectivity index (χ1) is 9.42. The van der Waals surface area contributed by atoms with Crippen molar-refractivity contribution in [2.45, 2.75) is 0 Å². The quantitative estimate of drug-likeness (QED) is 0.494. The van der Waals surface area contributed by atoms with E-state index in [9.17, 15) is 0 Å². The number of hydrogen-bond acceptors (Lipinski definition) is 1. The van der Waals surface area contributed by atoms with Crippen LogP contribution in [0.2, 0.25) is 0 Å². The third kappa shape index (κ3) is 1.61. The summed E-state index contributed by atoms with van der Waals surface area (Å²) < 4.78 is 0. The highest BCUT2D eigenvalue weighted by molar-refractivity contribution is 6.08. The predicted octanol–water partition coefficient (Wildman–Crippen LogP) is 4.38. The van der Waals surface area contributed by atoms with E-state index in [1.807, 2.05) is 6.20 Å². The van der Waals surface area contributed by atoms with Crippen LogP contribution < -0.4 is 0 Å². The van der Waals surface area contributed by atoms with E-state index >= 15 is 0 Å². The van der Waals surface area contributed by atoms with Crippen molar-refractivity contribution in [3.8, 4) is 11.4 Å². The van der Waals surface area contributed by atoms with Crippen molar-refractivity contribution in [1.29, 1.82) is 0 Å². The Morgan fingerprint density at radius 3 is 2.53 bits per heavy atom. The van der Waals surface area contributed by atoms with E-state index in [-0.39, 0.29) is 0 Å². The molecule has 0 amide bonds. The van der Waals surface area contributed by atoms with E-state index < -0.39 is 0 Å². The van der Waals surface area contributed by atoms with Crippen molar-refractivity contribution in [2.75, 3.05) is 0 Å². The molecular weight excluding hydrogens is 232 g/mol. The molecule has 1 N–H and O–H groups in total. The molecule has 2 nitrogen and oxygen atoms in total. The second-order valence-electron chi connectivity index (χ2n) is 4.66. The highest BCUT2D eigenvalue weighted by atomic mass is 14.9. The van der Waals surface area contributed by atoms with Crippen molar-refractivity contribution in [3.63, 3.8) is 0 Å². The largest absolute Gasteiger partial charge is 0.345 e. The Hall–Kier alpha value is -2.61. The maximum Gasteiger partial charge on any atom is 0.137 e. The summed E-state index contributed by atoms with van der Waals surface area (Å²) in [7, 11) is 0. The zero-order valence-electron chi connectivity index (χ0n) is 10.3. The van der Waals surface area contributed by atoms with Gasteiger partial charge >= 0.3 is 0 Å².